The van der Waals surface area contributed by atoms with Crippen LogP contribution >= 0.6 is 35.4 Å². The Hall–Kier alpha value is -1.09. The van der Waals surface area contributed by atoms with E-state index in [1.54, 1.807) is 0 Å². The molecule has 0 radical (unpaired) electrons. The zero-order valence-corrected chi connectivity index (χ0v) is 11.1. The average Bonchev–Trinajstić information content (AvgIpc) is 2.32. The van der Waals surface area contributed by atoms with Gasteiger partial charge in [-0.1, -0.05) is 59.7 Å². The van der Waals surface area contributed by atoms with Crippen LogP contribution in [0.4, 0.5) is 5.69 Å². The van der Waals surface area contributed by atoms with Crippen molar-refractivity contribution in [2.45, 2.75) is 0 Å². The number of hydrogen-bond acceptors (Lipinski definition) is 1. The molecule has 2 aromatic rings. The number of nitrogens with one attached hydrogen (secondary N) is 1. The highest BCUT2D eigenvalue weighted by molar-refractivity contribution is 7.81. The van der Waals surface area contributed by atoms with Crippen LogP contribution in [0.15, 0.2) is 48.5 Å². The van der Waals surface area contributed by atoms with Crippen molar-refractivity contribution in [1.82, 2.24) is 0 Å². The van der Waals surface area contributed by atoms with Crippen LogP contribution in [0.3, 0.4) is 0 Å². The second kappa shape index (κ2) is 5.50. The van der Waals surface area contributed by atoms with Crippen LogP contribution in [0.1, 0.15) is 5.56 Å². The highest BCUT2D eigenvalue weighted by Crippen LogP contribution is 2.22. The highest BCUT2D eigenvalue weighted by Gasteiger charge is 2.04. The van der Waals surface area contributed by atoms with E-state index < -0.39 is 0 Å². The Bertz CT molecular complexity index is 555. The molecule has 17 heavy (non-hydrogen) atoms. The van der Waals surface area contributed by atoms with Gasteiger partial charge < -0.3 is 5.32 Å². The van der Waals surface area contributed by atoms with Crippen molar-refractivity contribution >= 4 is 46.1 Å². The van der Waals surface area contributed by atoms with Crippen molar-refractivity contribution in [3.63, 3.8) is 0 Å². The maximum absolute atomic E-state index is 6.04. The third-order valence-electron chi connectivity index (χ3n) is 2.21. The molecule has 0 fully saturated rings. The summed E-state index contributed by atoms with van der Waals surface area (Å²) in [4.78, 5) is 0.598. The number of para-hydroxylation sites is 1. The van der Waals surface area contributed by atoms with Crippen molar-refractivity contribution in [2.24, 2.45) is 0 Å². The van der Waals surface area contributed by atoms with E-state index in [2.05, 4.69) is 5.32 Å². The summed E-state index contributed by atoms with van der Waals surface area (Å²) in [5.41, 5.74) is 1.66. The van der Waals surface area contributed by atoms with E-state index in [4.69, 9.17) is 35.4 Å². The molecule has 0 aliphatic heterocycles. The molecular weight excluding hydrogens is 273 g/mol. The second-order valence-electron chi connectivity index (χ2n) is 3.44. The zero-order valence-electron chi connectivity index (χ0n) is 8.78. The molecule has 0 unspecified atom stereocenters. The third-order valence-corrected chi connectivity index (χ3v) is 3.11. The van der Waals surface area contributed by atoms with Crippen molar-refractivity contribution in [3.8, 4) is 0 Å². The van der Waals surface area contributed by atoms with Gasteiger partial charge in [-0.25, -0.2) is 0 Å². The molecule has 4 heteroatoms. The van der Waals surface area contributed by atoms with E-state index in [1.807, 2.05) is 48.5 Å². The van der Waals surface area contributed by atoms with E-state index in [-0.39, 0.29) is 0 Å². The summed E-state index contributed by atoms with van der Waals surface area (Å²) in [6, 6.07) is 14.8. The first-order chi connectivity index (χ1) is 8.16. The van der Waals surface area contributed by atoms with Gasteiger partial charge in [0, 0.05) is 10.6 Å². The Morgan fingerprint density at radius 2 is 1.76 bits per heavy atom. The predicted molar refractivity (Wildman–Crippen MR) is 78.2 cm³/mol. The molecule has 1 nitrogen and oxygen atoms in total. The van der Waals surface area contributed by atoms with Gasteiger partial charge in [-0.15, -0.1) is 0 Å². The predicted octanol–water partition coefficient (Wildman–Crippen LogP) is 4.78. The first-order valence-corrected chi connectivity index (χ1v) is 6.14. The molecule has 0 saturated heterocycles. The van der Waals surface area contributed by atoms with Crippen molar-refractivity contribution in [2.75, 3.05) is 5.32 Å². The first-order valence-electron chi connectivity index (χ1n) is 4.98. The number of rotatable bonds is 2. The van der Waals surface area contributed by atoms with Crippen LogP contribution in [0.5, 0.6) is 0 Å². The van der Waals surface area contributed by atoms with Gasteiger partial charge in [0.2, 0.25) is 0 Å². The minimum absolute atomic E-state index is 0.598. The third kappa shape index (κ3) is 3.19. The fourth-order valence-electron chi connectivity index (χ4n) is 1.39. The summed E-state index contributed by atoms with van der Waals surface area (Å²) >= 11 is 17.2. The summed E-state index contributed by atoms with van der Waals surface area (Å²) in [6.45, 7) is 0. The molecule has 86 valence electrons. The zero-order chi connectivity index (χ0) is 12.3. The SMILES string of the molecule is S=C(Nc1ccccc1Cl)c1cccc(Cl)c1. The molecule has 0 aliphatic rings. The van der Waals surface area contributed by atoms with Gasteiger partial charge in [-0.3, -0.25) is 0 Å². The molecule has 0 bridgehead atoms. The summed E-state index contributed by atoms with van der Waals surface area (Å²) < 4.78 is 0. The number of halogens is 2. The van der Waals surface area contributed by atoms with Crippen LogP contribution in [-0.4, -0.2) is 4.99 Å². The Labute approximate surface area is 115 Å². The van der Waals surface area contributed by atoms with Gasteiger partial charge in [0.25, 0.3) is 0 Å². The number of benzene rings is 2. The highest BCUT2D eigenvalue weighted by atomic mass is 35.5. The molecule has 2 rings (SSSR count). The summed E-state index contributed by atoms with van der Waals surface area (Å²) in [5, 5.41) is 4.39. The molecule has 0 aliphatic carbocycles. The fraction of sp³-hybridized carbons (Fsp3) is 0. The van der Waals surface area contributed by atoms with Crippen LogP contribution in [0, 0.1) is 0 Å². The molecule has 0 amide bonds. The normalized spacial score (nSPS) is 10.0. The summed E-state index contributed by atoms with van der Waals surface area (Å²) in [5.74, 6) is 0. The molecule has 0 saturated carbocycles. The van der Waals surface area contributed by atoms with Crippen LogP contribution in [0.25, 0.3) is 0 Å². The maximum Gasteiger partial charge on any atom is 0.111 e. The van der Waals surface area contributed by atoms with E-state index in [9.17, 15) is 0 Å². The largest absolute Gasteiger partial charge is 0.345 e. The van der Waals surface area contributed by atoms with Gasteiger partial charge in [-0.2, -0.15) is 0 Å². The first kappa shape index (κ1) is 12.4. The van der Waals surface area contributed by atoms with E-state index >= 15 is 0 Å². The number of thiocarbonyl (C=S) groups is 1. The quantitative estimate of drug-likeness (QED) is 0.795. The standard InChI is InChI=1S/C13H9Cl2NS/c14-10-5-3-4-9(8-10)13(17)16-12-7-2-1-6-11(12)15/h1-8H,(H,16,17). The lowest BCUT2D eigenvalue weighted by atomic mass is 10.2. The fourth-order valence-corrected chi connectivity index (χ4v) is 2.00. The molecule has 0 heterocycles. The smallest absolute Gasteiger partial charge is 0.111 e. The van der Waals surface area contributed by atoms with Crippen molar-refractivity contribution < 1.29 is 0 Å². The molecule has 1 N–H and O–H groups in total. The summed E-state index contributed by atoms with van der Waals surface area (Å²) in [7, 11) is 0. The van der Waals surface area contributed by atoms with E-state index in [0.717, 1.165) is 11.3 Å². The number of hydrogen-bond donors (Lipinski definition) is 1. The maximum atomic E-state index is 6.04. The van der Waals surface area contributed by atoms with Gasteiger partial charge in [0.1, 0.15) is 4.99 Å². The Balaban J connectivity index is 2.20. The Kier molecular flexibility index (Phi) is 4.00. The van der Waals surface area contributed by atoms with Gasteiger partial charge in [0.05, 0.1) is 10.7 Å². The molecule has 0 spiro atoms. The molecule has 2 aromatic carbocycles. The van der Waals surface area contributed by atoms with Gasteiger partial charge in [-0.05, 0) is 24.3 Å². The minimum atomic E-state index is 0.598. The Morgan fingerprint density at radius 1 is 1.00 bits per heavy atom. The van der Waals surface area contributed by atoms with Crippen molar-refractivity contribution in [1.29, 1.82) is 0 Å². The van der Waals surface area contributed by atoms with Crippen LogP contribution < -0.4 is 5.32 Å². The lowest BCUT2D eigenvalue weighted by Gasteiger charge is -2.09. The monoisotopic (exact) mass is 281 g/mol. The molecule has 0 atom stereocenters. The van der Waals surface area contributed by atoms with Crippen LogP contribution in [-0.2, 0) is 0 Å². The lowest BCUT2D eigenvalue weighted by molar-refractivity contribution is 1.61. The van der Waals surface area contributed by atoms with E-state index in [0.29, 0.717) is 15.0 Å². The molecular formula is C13H9Cl2NS. The van der Waals surface area contributed by atoms with E-state index in [1.165, 1.54) is 0 Å². The Morgan fingerprint density at radius 3 is 2.47 bits per heavy atom. The van der Waals surface area contributed by atoms with Crippen molar-refractivity contribution in [3.05, 3.63) is 64.1 Å². The van der Waals surface area contributed by atoms with Gasteiger partial charge >= 0.3 is 0 Å². The second-order valence-corrected chi connectivity index (χ2v) is 4.70. The molecule has 0 aromatic heterocycles. The average molecular weight is 282 g/mol. The number of anilines is 1. The summed E-state index contributed by atoms with van der Waals surface area (Å²) in [6.07, 6.45) is 0. The minimum Gasteiger partial charge on any atom is -0.345 e. The van der Waals surface area contributed by atoms with Crippen LogP contribution in [0.2, 0.25) is 10.0 Å². The topological polar surface area (TPSA) is 12.0 Å². The van der Waals surface area contributed by atoms with Gasteiger partial charge in [0.15, 0.2) is 0 Å². The lowest BCUT2D eigenvalue weighted by Crippen LogP contribution is -2.10.